The van der Waals surface area contributed by atoms with E-state index in [-0.39, 0.29) is 6.61 Å². The van der Waals surface area contributed by atoms with Crippen LogP contribution in [0.5, 0.6) is 5.75 Å². The summed E-state index contributed by atoms with van der Waals surface area (Å²) in [7, 11) is 0. The van der Waals surface area contributed by atoms with Crippen molar-refractivity contribution in [2.75, 3.05) is 13.2 Å². The number of nitrogens with one attached hydrogen (secondary N) is 1. The number of hydrogen-bond donors (Lipinski definition) is 2. The van der Waals surface area contributed by atoms with Gasteiger partial charge in [-0.2, -0.15) is 10.4 Å². The molecule has 0 aliphatic heterocycles. The lowest BCUT2D eigenvalue weighted by molar-refractivity contribution is 0.234. The highest BCUT2D eigenvalue weighted by molar-refractivity contribution is 6.32. The summed E-state index contributed by atoms with van der Waals surface area (Å²) in [5, 5.41) is 25.1. The average molecular weight is 278 g/mol. The third-order valence-corrected chi connectivity index (χ3v) is 2.85. The fraction of sp³-hybridized carbons (Fsp3) is 0.231. The highest BCUT2D eigenvalue weighted by atomic mass is 35.5. The second-order valence-corrected chi connectivity index (χ2v) is 4.21. The molecule has 6 heteroatoms. The molecule has 1 heterocycles. The van der Waals surface area contributed by atoms with Crippen LogP contribution in [0.15, 0.2) is 24.4 Å². The summed E-state index contributed by atoms with van der Waals surface area (Å²) in [6, 6.07) is 7.10. The zero-order chi connectivity index (χ0) is 13.7. The highest BCUT2D eigenvalue weighted by Crippen LogP contribution is 2.38. The van der Waals surface area contributed by atoms with Gasteiger partial charge in [-0.3, -0.25) is 5.10 Å². The molecule has 0 amide bonds. The van der Waals surface area contributed by atoms with Crippen molar-refractivity contribution in [1.29, 1.82) is 5.26 Å². The van der Waals surface area contributed by atoms with E-state index in [2.05, 4.69) is 16.3 Å². The Bertz CT molecular complexity index is 591. The summed E-state index contributed by atoms with van der Waals surface area (Å²) < 4.78 is 5.58. The molecule has 1 aromatic heterocycles. The van der Waals surface area contributed by atoms with Crippen molar-refractivity contribution < 1.29 is 9.84 Å². The highest BCUT2D eigenvalue weighted by Gasteiger charge is 2.16. The summed E-state index contributed by atoms with van der Waals surface area (Å²) in [6.07, 6.45) is 2.09. The largest absolute Gasteiger partial charge is 0.491 e. The van der Waals surface area contributed by atoms with Crippen molar-refractivity contribution in [1.82, 2.24) is 10.2 Å². The lowest BCUT2D eigenvalue weighted by atomic mass is 10.0. The minimum Gasteiger partial charge on any atom is -0.491 e. The van der Waals surface area contributed by atoms with E-state index in [1.54, 1.807) is 24.4 Å². The molecule has 19 heavy (non-hydrogen) atoms. The first-order valence-electron chi connectivity index (χ1n) is 5.74. The maximum Gasteiger partial charge on any atom is 0.148 e. The zero-order valence-electron chi connectivity index (χ0n) is 10.1. The van der Waals surface area contributed by atoms with Gasteiger partial charge in [0, 0.05) is 19.2 Å². The molecule has 0 radical (unpaired) electrons. The third kappa shape index (κ3) is 2.87. The standard InChI is InChI=1S/C13H12ClN3O2/c14-10-3-2-9(8-15)12(11-4-5-16-17-11)13(10)19-7-1-6-18/h2-5,18H,1,6-7H2,(H,16,17). The van der Waals surface area contributed by atoms with Crippen molar-refractivity contribution in [3.05, 3.63) is 35.0 Å². The van der Waals surface area contributed by atoms with Gasteiger partial charge < -0.3 is 9.84 Å². The summed E-state index contributed by atoms with van der Waals surface area (Å²) in [6.45, 7) is 0.362. The van der Waals surface area contributed by atoms with Crippen LogP contribution in [-0.4, -0.2) is 28.5 Å². The van der Waals surface area contributed by atoms with Crippen LogP contribution in [0.2, 0.25) is 5.02 Å². The van der Waals surface area contributed by atoms with E-state index in [0.717, 1.165) is 0 Å². The molecule has 0 bridgehead atoms. The predicted molar refractivity (Wildman–Crippen MR) is 70.9 cm³/mol. The number of nitriles is 1. The minimum atomic E-state index is 0.0367. The molecule has 0 aliphatic rings. The number of aromatic amines is 1. The molecule has 2 rings (SSSR count). The number of ether oxygens (including phenoxy) is 1. The Morgan fingerprint density at radius 1 is 1.42 bits per heavy atom. The van der Waals surface area contributed by atoms with Crippen LogP contribution in [0.4, 0.5) is 0 Å². The van der Waals surface area contributed by atoms with E-state index in [1.165, 1.54) is 0 Å². The van der Waals surface area contributed by atoms with Gasteiger partial charge in [-0.15, -0.1) is 0 Å². The molecule has 0 atom stereocenters. The van der Waals surface area contributed by atoms with Gasteiger partial charge >= 0.3 is 0 Å². The first kappa shape index (κ1) is 13.4. The Morgan fingerprint density at radius 3 is 2.89 bits per heavy atom. The van der Waals surface area contributed by atoms with Gasteiger partial charge in [-0.1, -0.05) is 11.6 Å². The SMILES string of the molecule is N#Cc1ccc(Cl)c(OCCCO)c1-c1ccn[nH]1. The van der Waals surface area contributed by atoms with Crippen LogP contribution in [0.25, 0.3) is 11.3 Å². The third-order valence-electron chi connectivity index (χ3n) is 2.55. The van der Waals surface area contributed by atoms with Crippen LogP contribution < -0.4 is 4.74 Å². The van der Waals surface area contributed by atoms with E-state index in [4.69, 9.17) is 21.4 Å². The normalized spacial score (nSPS) is 10.2. The lowest BCUT2D eigenvalue weighted by Gasteiger charge is -2.13. The van der Waals surface area contributed by atoms with Gasteiger partial charge in [-0.25, -0.2) is 0 Å². The monoisotopic (exact) mass is 277 g/mol. The van der Waals surface area contributed by atoms with Gasteiger partial charge in [0.1, 0.15) is 5.75 Å². The smallest absolute Gasteiger partial charge is 0.148 e. The molecule has 2 aromatic rings. The molecule has 5 nitrogen and oxygen atoms in total. The Morgan fingerprint density at radius 2 is 2.26 bits per heavy atom. The topological polar surface area (TPSA) is 81.9 Å². The summed E-state index contributed by atoms with van der Waals surface area (Å²) in [4.78, 5) is 0. The fourth-order valence-electron chi connectivity index (χ4n) is 1.69. The number of aromatic nitrogens is 2. The Labute approximate surface area is 115 Å². The van der Waals surface area contributed by atoms with Gasteiger partial charge in [0.05, 0.1) is 34.5 Å². The quantitative estimate of drug-likeness (QED) is 0.822. The number of rotatable bonds is 5. The van der Waals surface area contributed by atoms with Gasteiger partial charge in [0.15, 0.2) is 0 Å². The van der Waals surface area contributed by atoms with Crippen molar-refractivity contribution >= 4 is 11.6 Å². The number of aliphatic hydroxyl groups is 1. The second-order valence-electron chi connectivity index (χ2n) is 3.81. The number of benzene rings is 1. The second kappa shape index (κ2) is 6.23. The van der Waals surface area contributed by atoms with E-state index in [1.807, 2.05) is 0 Å². The van der Waals surface area contributed by atoms with Gasteiger partial charge in [0.25, 0.3) is 0 Å². The molecule has 0 saturated heterocycles. The van der Waals surface area contributed by atoms with Crippen LogP contribution in [-0.2, 0) is 0 Å². The maximum absolute atomic E-state index is 9.18. The molecule has 1 aromatic carbocycles. The Kier molecular flexibility index (Phi) is 4.39. The van der Waals surface area contributed by atoms with Gasteiger partial charge in [0.2, 0.25) is 0 Å². The van der Waals surface area contributed by atoms with Crippen molar-refractivity contribution in [3.8, 4) is 23.1 Å². The zero-order valence-corrected chi connectivity index (χ0v) is 10.8. The van der Waals surface area contributed by atoms with Crippen LogP contribution in [0.1, 0.15) is 12.0 Å². The number of halogens is 1. The van der Waals surface area contributed by atoms with E-state index in [9.17, 15) is 5.26 Å². The van der Waals surface area contributed by atoms with Crippen molar-refractivity contribution in [2.24, 2.45) is 0 Å². The molecule has 2 N–H and O–H groups in total. The summed E-state index contributed by atoms with van der Waals surface area (Å²) in [5.74, 6) is 0.429. The number of nitrogens with zero attached hydrogens (tertiary/aromatic N) is 2. The predicted octanol–water partition coefficient (Wildman–Crippen LogP) is 2.36. The van der Waals surface area contributed by atoms with Crippen LogP contribution in [0.3, 0.4) is 0 Å². The minimum absolute atomic E-state index is 0.0367. The molecule has 0 aliphatic carbocycles. The molecule has 0 unspecified atom stereocenters. The van der Waals surface area contributed by atoms with Gasteiger partial charge in [-0.05, 0) is 18.2 Å². The maximum atomic E-state index is 9.18. The Hall–Kier alpha value is -2.03. The summed E-state index contributed by atoms with van der Waals surface area (Å²) in [5.41, 5.74) is 1.70. The molecular weight excluding hydrogens is 266 g/mol. The molecule has 0 fully saturated rings. The fourth-order valence-corrected chi connectivity index (χ4v) is 1.90. The van der Waals surface area contributed by atoms with Crippen molar-refractivity contribution in [3.63, 3.8) is 0 Å². The van der Waals surface area contributed by atoms with E-state index in [0.29, 0.717) is 40.6 Å². The molecule has 0 spiro atoms. The van der Waals surface area contributed by atoms with Crippen LogP contribution in [0, 0.1) is 11.3 Å². The number of H-pyrrole nitrogens is 1. The lowest BCUT2D eigenvalue weighted by Crippen LogP contribution is -2.02. The van der Waals surface area contributed by atoms with Crippen LogP contribution >= 0.6 is 11.6 Å². The molecule has 98 valence electrons. The first-order chi connectivity index (χ1) is 9.27. The van der Waals surface area contributed by atoms with Crippen molar-refractivity contribution in [2.45, 2.75) is 6.42 Å². The molecule has 0 saturated carbocycles. The number of aliphatic hydroxyl groups excluding tert-OH is 1. The van der Waals surface area contributed by atoms with E-state index < -0.39 is 0 Å². The molecular formula is C13H12ClN3O2. The summed E-state index contributed by atoms with van der Waals surface area (Å²) >= 11 is 6.12. The Balaban J connectivity index is 2.47. The number of hydrogen-bond acceptors (Lipinski definition) is 4. The average Bonchev–Trinajstić information content (AvgIpc) is 2.94. The van der Waals surface area contributed by atoms with E-state index >= 15 is 0 Å². The first-order valence-corrected chi connectivity index (χ1v) is 6.11.